The molecule has 1 unspecified atom stereocenters. The van der Waals surface area contributed by atoms with Crippen molar-refractivity contribution in [2.45, 2.75) is 38.9 Å². The highest BCUT2D eigenvalue weighted by Gasteiger charge is 2.30. The molecule has 1 aromatic carbocycles. The van der Waals surface area contributed by atoms with Crippen LogP contribution in [0.1, 0.15) is 26.3 Å². The van der Waals surface area contributed by atoms with Gasteiger partial charge in [0.1, 0.15) is 11.6 Å². The van der Waals surface area contributed by atoms with Crippen molar-refractivity contribution < 1.29 is 18.6 Å². The number of ether oxygens (including phenoxy) is 1. The molecule has 1 aromatic rings. The smallest absolute Gasteiger partial charge is 0.143 e. The molecule has 0 saturated heterocycles. The molecule has 1 rings (SSSR count). The molecule has 0 aliphatic heterocycles. The first kappa shape index (κ1) is 15.5. The van der Waals surface area contributed by atoms with Crippen LogP contribution in [0.2, 0.25) is 0 Å². The second-order valence-electron chi connectivity index (χ2n) is 4.58. The van der Waals surface area contributed by atoms with Gasteiger partial charge >= 0.3 is 0 Å². The molecule has 0 amide bonds. The van der Waals surface area contributed by atoms with Crippen molar-refractivity contribution in [3.05, 3.63) is 33.8 Å². The predicted octanol–water partition coefficient (Wildman–Crippen LogP) is 3.45. The van der Waals surface area contributed by atoms with Crippen molar-refractivity contribution in [2.24, 2.45) is 0 Å². The average Bonchev–Trinajstić information content (AvgIpc) is 2.29. The summed E-state index contributed by atoms with van der Waals surface area (Å²) in [5, 5.41) is 10.0. The standard InChI is InChI=1S/C13H17BrF2O2/c1-4-18-13(2,3)11(17)7-8-10(15)6-5-9(14)12(8)16/h5-6,11,17H,4,7H2,1-3H3. The second-order valence-corrected chi connectivity index (χ2v) is 5.43. The third kappa shape index (κ3) is 3.49. The summed E-state index contributed by atoms with van der Waals surface area (Å²) in [7, 11) is 0. The molecule has 0 spiro atoms. The fraction of sp³-hybridized carbons (Fsp3) is 0.538. The molecular formula is C13H17BrF2O2. The van der Waals surface area contributed by atoms with Gasteiger partial charge in [0.15, 0.2) is 0 Å². The lowest BCUT2D eigenvalue weighted by Crippen LogP contribution is -2.40. The van der Waals surface area contributed by atoms with Gasteiger partial charge in [0.25, 0.3) is 0 Å². The fourth-order valence-corrected chi connectivity index (χ4v) is 2.03. The zero-order valence-corrected chi connectivity index (χ0v) is 12.2. The van der Waals surface area contributed by atoms with E-state index in [9.17, 15) is 13.9 Å². The molecule has 5 heteroatoms. The number of aliphatic hydroxyl groups is 1. The maximum absolute atomic E-state index is 13.8. The van der Waals surface area contributed by atoms with Gasteiger partial charge in [0.05, 0.1) is 16.2 Å². The Bertz CT molecular complexity index is 422. The van der Waals surface area contributed by atoms with Gasteiger partial charge in [0.2, 0.25) is 0 Å². The van der Waals surface area contributed by atoms with Crippen LogP contribution in [0.25, 0.3) is 0 Å². The van der Waals surface area contributed by atoms with Gasteiger partial charge in [0, 0.05) is 18.6 Å². The Morgan fingerprint density at radius 2 is 2.00 bits per heavy atom. The summed E-state index contributed by atoms with van der Waals surface area (Å²) in [5.74, 6) is -1.34. The Labute approximate surface area is 114 Å². The van der Waals surface area contributed by atoms with Crippen molar-refractivity contribution in [1.29, 1.82) is 0 Å². The van der Waals surface area contributed by atoms with E-state index in [0.717, 1.165) is 0 Å². The van der Waals surface area contributed by atoms with Gasteiger partial charge in [-0.05, 0) is 48.8 Å². The van der Waals surface area contributed by atoms with Crippen molar-refractivity contribution in [3.63, 3.8) is 0 Å². The molecular weight excluding hydrogens is 306 g/mol. The number of benzene rings is 1. The molecule has 2 nitrogen and oxygen atoms in total. The second kappa shape index (κ2) is 6.08. The summed E-state index contributed by atoms with van der Waals surface area (Å²) in [6.07, 6.45) is -1.12. The van der Waals surface area contributed by atoms with Crippen molar-refractivity contribution in [3.8, 4) is 0 Å². The molecule has 18 heavy (non-hydrogen) atoms. The Morgan fingerprint density at radius 1 is 1.39 bits per heavy atom. The van der Waals surface area contributed by atoms with Crippen molar-refractivity contribution >= 4 is 15.9 Å². The highest BCUT2D eigenvalue weighted by molar-refractivity contribution is 9.10. The largest absolute Gasteiger partial charge is 0.390 e. The maximum Gasteiger partial charge on any atom is 0.143 e. The summed E-state index contributed by atoms with van der Waals surface area (Å²) in [5.41, 5.74) is -0.986. The number of halogens is 3. The first-order valence-corrected chi connectivity index (χ1v) is 6.53. The summed E-state index contributed by atoms with van der Waals surface area (Å²) in [4.78, 5) is 0. The van der Waals surface area contributed by atoms with E-state index < -0.39 is 23.3 Å². The Balaban J connectivity index is 2.95. The normalized spacial score (nSPS) is 13.7. The Morgan fingerprint density at radius 3 is 2.56 bits per heavy atom. The lowest BCUT2D eigenvalue weighted by atomic mass is 9.94. The zero-order chi connectivity index (χ0) is 13.9. The summed E-state index contributed by atoms with van der Waals surface area (Å²) >= 11 is 3.00. The van der Waals surface area contributed by atoms with E-state index in [1.54, 1.807) is 20.8 Å². The van der Waals surface area contributed by atoms with E-state index in [4.69, 9.17) is 4.74 Å². The Kier molecular flexibility index (Phi) is 5.25. The van der Waals surface area contributed by atoms with E-state index in [-0.39, 0.29) is 16.5 Å². The van der Waals surface area contributed by atoms with E-state index >= 15 is 0 Å². The van der Waals surface area contributed by atoms with Gasteiger partial charge in [-0.25, -0.2) is 8.78 Å². The molecule has 102 valence electrons. The van der Waals surface area contributed by atoms with Crippen molar-refractivity contribution in [1.82, 2.24) is 0 Å². The molecule has 0 heterocycles. The summed E-state index contributed by atoms with van der Waals surface area (Å²) < 4.78 is 32.9. The average molecular weight is 323 g/mol. The van der Waals surface area contributed by atoms with Crippen LogP contribution in [0.5, 0.6) is 0 Å². The van der Waals surface area contributed by atoms with Gasteiger partial charge in [-0.1, -0.05) is 0 Å². The van der Waals surface area contributed by atoms with Crippen LogP contribution in [-0.2, 0) is 11.2 Å². The first-order chi connectivity index (χ1) is 8.29. The van der Waals surface area contributed by atoms with Gasteiger partial charge in [-0.2, -0.15) is 0 Å². The first-order valence-electron chi connectivity index (χ1n) is 5.74. The minimum Gasteiger partial charge on any atom is -0.390 e. The molecule has 0 radical (unpaired) electrons. The monoisotopic (exact) mass is 322 g/mol. The van der Waals surface area contributed by atoms with E-state index in [2.05, 4.69) is 15.9 Å². The third-order valence-corrected chi connectivity index (χ3v) is 3.47. The van der Waals surface area contributed by atoms with Crippen LogP contribution in [-0.4, -0.2) is 23.4 Å². The van der Waals surface area contributed by atoms with Crippen LogP contribution in [0, 0.1) is 11.6 Å². The summed E-state index contributed by atoms with van der Waals surface area (Å²) in [6, 6.07) is 2.47. The van der Waals surface area contributed by atoms with E-state index in [1.165, 1.54) is 12.1 Å². The third-order valence-electron chi connectivity index (χ3n) is 2.86. The lowest BCUT2D eigenvalue weighted by Gasteiger charge is -2.30. The molecule has 1 atom stereocenters. The molecule has 0 aromatic heterocycles. The molecule has 0 bridgehead atoms. The number of rotatable bonds is 5. The highest BCUT2D eigenvalue weighted by Crippen LogP contribution is 2.26. The molecule has 0 aliphatic carbocycles. The lowest BCUT2D eigenvalue weighted by molar-refractivity contribution is -0.0959. The molecule has 0 fully saturated rings. The van der Waals surface area contributed by atoms with E-state index in [0.29, 0.717) is 6.61 Å². The van der Waals surface area contributed by atoms with E-state index in [1.807, 2.05) is 0 Å². The number of hydrogen-bond donors (Lipinski definition) is 1. The van der Waals surface area contributed by atoms with Gasteiger partial charge in [-0.15, -0.1) is 0 Å². The minimum atomic E-state index is -0.990. The predicted molar refractivity (Wildman–Crippen MR) is 69.5 cm³/mol. The molecule has 0 aliphatic rings. The molecule has 0 saturated carbocycles. The van der Waals surface area contributed by atoms with Crippen LogP contribution in [0.3, 0.4) is 0 Å². The van der Waals surface area contributed by atoms with Crippen LogP contribution in [0.15, 0.2) is 16.6 Å². The van der Waals surface area contributed by atoms with Gasteiger partial charge < -0.3 is 9.84 Å². The summed E-state index contributed by atoms with van der Waals surface area (Å²) in [6.45, 7) is 5.60. The fourth-order valence-electron chi connectivity index (χ4n) is 1.66. The van der Waals surface area contributed by atoms with Crippen LogP contribution in [0.4, 0.5) is 8.78 Å². The Hall–Kier alpha value is -0.520. The van der Waals surface area contributed by atoms with Crippen LogP contribution < -0.4 is 0 Å². The number of aliphatic hydroxyl groups excluding tert-OH is 1. The zero-order valence-electron chi connectivity index (χ0n) is 10.6. The molecule has 1 N–H and O–H groups in total. The maximum atomic E-state index is 13.8. The topological polar surface area (TPSA) is 29.5 Å². The van der Waals surface area contributed by atoms with Crippen molar-refractivity contribution in [2.75, 3.05) is 6.61 Å². The SMILES string of the molecule is CCOC(C)(C)C(O)Cc1c(F)ccc(Br)c1F. The quantitative estimate of drug-likeness (QED) is 0.841. The number of hydrogen-bond acceptors (Lipinski definition) is 2. The highest BCUT2D eigenvalue weighted by atomic mass is 79.9. The van der Waals surface area contributed by atoms with Gasteiger partial charge in [-0.3, -0.25) is 0 Å². The van der Waals surface area contributed by atoms with Crippen LogP contribution >= 0.6 is 15.9 Å². The minimum absolute atomic E-state index is 0.135.